The summed E-state index contributed by atoms with van der Waals surface area (Å²) in [7, 11) is 0. The zero-order chi connectivity index (χ0) is 24.6. The van der Waals surface area contributed by atoms with Crippen LogP contribution in [-0.2, 0) is 16.1 Å². The highest BCUT2D eigenvalue weighted by molar-refractivity contribution is 7.09. The highest BCUT2D eigenvalue weighted by Crippen LogP contribution is 2.27. The molecular weight excluding hydrogens is 469 g/mol. The van der Waals surface area contributed by atoms with Crippen LogP contribution in [0.5, 0.6) is 0 Å². The number of nitrogens with zero attached hydrogens (tertiary/aromatic N) is 1. The van der Waals surface area contributed by atoms with Crippen LogP contribution in [-0.4, -0.2) is 35.2 Å². The lowest BCUT2D eigenvalue weighted by atomic mass is 9.94. The number of thiophene rings is 1. The molecule has 184 valence electrons. The first-order valence-corrected chi connectivity index (χ1v) is 12.6. The maximum absolute atomic E-state index is 13.7. The number of hydrogen-bond acceptors (Lipinski definition) is 5. The number of nitrogens with one attached hydrogen (secondary N) is 2. The van der Waals surface area contributed by atoms with Gasteiger partial charge in [-0.15, -0.1) is 11.3 Å². The van der Waals surface area contributed by atoms with Gasteiger partial charge in [0.15, 0.2) is 5.76 Å². The van der Waals surface area contributed by atoms with Crippen LogP contribution in [0.25, 0.3) is 0 Å². The van der Waals surface area contributed by atoms with Crippen LogP contribution in [0.15, 0.2) is 64.6 Å². The monoisotopic (exact) mass is 497 g/mol. The van der Waals surface area contributed by atoms with Gasteiger partial charge >= 0.3 is 0 Å². The van der Waals surface area contributed by atoms with Gasteiger partial charge in [0.05, 0.1) is 19.4 Å². The second kappa shape index (κ2) is 11.8. The van der Waals surface area contributed by atoms with E-state index in [4.69, 9.17) is 4.42 Å². The van der Waals surface area contributed by atoms with E-state index in [9.17, 15) is 18.8 Å². The van der Waals surface area contributed by atoms with Crippen molar-refractivity contribution in [3.05, 3.63) is 82.2 Å². The van der Waals surface area contributed by atoms with Crippen molar-refractivity contribution in [3.63, 3.8) is 0 Å². The van der Waals surface area contributed by atoms with Gasteiger partial charge in [-0.2, -0.15) is 0 Å². The molecule has 9 heteroatoms. The third-order valence-corrected chi connectivity index (χ3v) is 6.93. The molecule has 0 bridgehead atoms. The smallest absolute Gasteiger partial charge is 0.287 e. The van der Waals surface area contributed by atoms with Crippen molar-refractivity contribution < 1.29 is 23.2 Å². The number of hydrogen-bond donors (Lipinski definition) is 2. The van der Waals surface area contributed by atoms with E-state index >= 15 is 0 Å². The van der Waals surface area contributed by atoms with Gasteiger partial charge in [-0.3, -0.25) is 14.4 Å². The number of carbonyl (C=O) groups excluding carboxylic acids is 3. The molecule has 2 N–H and O–H groups in total. The van der Waals surface area contributed by atoms with Crippen molar-refractivity contribution in [2.45, 2.75) is 50.7 Å². The molecule has 0 radical (unpaired) electrons. The van der Waals surface area contributed by atoms with E-state index in [0.717, 1.165) is 37.0 Å². The average molecular weight is 498 g/mol. The third-order valence-electron chi connectivity index (χ3n) is 6.07. The molecule has 1 saturated carbocycles. The van der Waals surface area contributed by atoms with Crippen molar-refractivity contribution in [3.8, 4) is 0 Å². The Bertz CT molecular complexity index is 1110. The minimum atomic E-state index is -0.979. The van der Waals surface area contributed by atoms with Crippen LogP contribution >= 0.6 is 11.3 Å². The molecule has 3 aromatic rings. The molecule has 1 aromatic carbocycles. The molecule has 4 rings (SSSR count). The van der Waals surface area contributed by atoms with E-state index in [1.54, 1.807) is 6.07 Å². The van der Waals surface area contributed by atoms with E-state index in [0.29, 0.717) is 5.56 Å². The van der Waals surface area contributed by atoms with Crippen LogP contribution in [0.2, 0.25) is 0 Å². The summed E-state index contributed by atoms with van der Waals surface area (Å²) in [6, 6.07) is 11.5. The minimum Gasteiger partial charge on any atom is -0.459 e. The van der Waals surface area contributed by atoms with E-state index in [-0.39, 0.29) is 30.8 Å². The quantitative estimate of drug-likeness (QED) is 0.458. The van der Waals surface area contributed by atoms with Gasteiger partial charge in [0.25, 0.3) is 5.91 Å². The van der Waals surface area contributed by atoms with Crippen LogP contribution in [0.1, 0.15) is 59.1 Å². The normalized spacial score (nSPS) is 14.8. The predicted octanol–water partition coefficient (Wildman–Crippen LogP) is 4.43. The van der Waals surface area contributed by atoms with Crippen molar-refractivity contribution in [2.24, 2.45) is 0 Å². The van der Waals surface area contributed by atoms with Gasteiger partial charge in [-0.05, 0) is 54.1 Å². The third kappa shape index (κ3) is 6.57. The zero-order valence-corrected chi connectivity index (χ0v) is 20.1. The molecule has 2 aromatic heterocycles. The standard InChI is InChI=1S/C26H28FN3O4S/c27-19-12-10-18(11-13-19)24(26(33)29-20-6-2-1-3-7-20)30(17-21-8-5-15-35-21)23(31)16-28-25(32)22-9-4-14-34-22/h4-5,8-15,20,24H,1-3,6-7,16-17H2,(H,28,32)(H,29,33)/t24-/m0/s1. The Morgan fingerprint density at radius 3 is 2.49 bits per heavy atom. The summed E-state index contributed by atoms with van der Waals surface area (Å²) in [5.41, 5.74) is 0.502. The molecule has 0 unspecified atom stereocenters. The summed E-state index contributed by atoms with van der Waals surface area (Å²) in [6.45, 7) is -0.146. The Morgan fingerprint density at radius 2 is 1.83 bits per heavy atom. The summed E-state index contributed by atoms with van der Waals surface area (Å²) in [4.78, 5) is 41.7. The van der Waals surface area contributed by atoms with E-state index in [1.807, 2.05) is 17.5 Å². The molecule has 7 nitrogen and oxygen atoms in total. The fourth-order valence-corrected chi connectivity index (χ4v) is 4.99. The number of furan rings is 1. The first-order valence-electron chi connectivity index (χ1n) is 11.7. The van der Waals surface area contributed by atoms with Crippen molar-refractivity contribution in [1.29, 1.82) is 0 Å². The lowest BCUT2D eigenvalue weighted by Crippen LogP contribution is -2.49. The summed E-state index contributed by atoms with van der Waals surface area (Å²) in [5.74, 6) is -1.61. The molecule has 0 saturated heterocycles. The van der Waals surface area contributed by atoms with Gasteiger partial charge in [0.1, 0.15) is 11.9 Å². The number of halogens is 1. The Hall–Kier alpha value is -3.46. The minimum absolute atomic E-state index is 0.0385. The first-order chi connectivity index (χ1) is 17.0. The average Bonchev–Trinajstić information content (AvgIpc) is 3.58. The fourth-order valence-electron chi connectivity index (χ4n) is 4.29. The molecule has 1 fully saturated rings. The largest absolute Gasteiger partial charge is 0.459 e. The molecule has 0 aliphatic heterocycles. The maximum Gasteiger partial charge on any atom is 0.287 e. The summed E-state index contributed by atoms with van der Waals surface area (Å²) in [5, 5.41) is 7.57. The second-order valence-corrected chi connectivity index (χ2v) is 9.59. The van der Waals surface area contributed by atoms with E-state index in [2.05, 4.69) is 10.6 Å². The Labute approximate surface area is 207 Å². The lowest BCUT2D eigenvalue weighted by Gasteiger charge is -2.33. The SMILES string of the molecule is O=C(NCC(=O)N(Cc1cccs1)[C@H](C(=O)NC1CCCCC1)c1ccc(F)cc1)c1ccco1. The molecule has 0 spiro atoms. The highest BCUT2D eigenvalue weighted by Gasteiger charge is 2.33. The first kappa shape index (κ1) is 24.7. The van der Waals surface area contributed by atoms with Crippen molar-refractivity contribution in [2.75, 3.05) is 6.54 Å². The lowest BCUT2D eigenvalue weighted by molar-refractivity contribution is -0.141. The van der Waals surface area contributed by atoms with Crippen LogP contribution in [0.4, 0.5) is 4.39 Å². The van der Waals surface area contributed by atoms with Gasteiger partial charge < -0.3 is 20.0 Å². The number of benzene rings is 1. The van der Waals surface area contributed by atoms with Crippen molar-refractivity contribution >= 4 is 29.1 Å². The van der Waals surface area contributed by atoms with Crippen LogP contribution in [0.3, 0.4) is 0 Å². The Balaban J connectivity index is 1.60. The van der Waals surface area contributed by atoms with Crippen LogP contribution in [0, 0.1) is 5.82 Å². The molecule has 2 heterocycles. The van der Waals surface area contributed by atoms with Crippen molar-refractivity contribution in [1.82, 2.24) is 15.5 Å². The van der Waals surface area contributed by atoms with E-state index < -0.39 is 23.7 Å². The maximum atomic E-state index is 13.7. The highest BCUT2D eigenvalue weighted by atomic mass is 32.1. The topological polar surface area (TPSA) is 91.7 Å². The summed E-state index contributed by atoms with van der Waals surface area (Å²) >= 11 is 1.47. The van der Waals surface area contributed by atoms with Gasteiger partial charge in [-0.25, -0.2) is 4.39 Å². The van der Waals surface area contributed by atoms with Crippen LogP contribution < -0.4 is 10.6 Å². The fraction of sp³-hybridized carbons (Fsp3) is 0.346. The van der Waals surface area contributed by atoms with E-state index in [1.165, 1.54) is 52.8 Å². The zero-order valence-electron chi connectivity index (χ0n) is 19.2. The van der Waals surface area contributed by atoms with Gasteiger partial charge in [0, 0.05) is 10.9 Å². The molecule has 1 aliphatic rings. The number of rotatable bonds is 9. The second-order valence-electron chi connectivity index (χ2n) is 8.56. The molecule has 1 aliphatic carbocycles. The predicted molar refractivity (Wildman–Crippen MR) is 130 cm³/mol. The molecule has 35 heavy (non-hydrogen) atoms. The van der Waals surface area contributed by atoms with Gasteiger partial charge in [-0.1, -0.05) is 37.5 Å². The molecule has 3 amide bonds. The summed E-state index contributed by atoms with van der Waals surface area (Å²) < 4.78 is 18.8. The number of amides is 3. The van der Waals surface area contributed by atoms with Gasteiger partial charge in [0.2, 0.25) is 11.8 Å². The number of carbonyl (C=O) groups is 3. The molecule has 1 atom stereocenters. The Kier molecular flexibility index (Phi) is 8.31. The Morgan fingerprint density at radius 1 is 1.06 bits per heavy atom. The molecular formula is C26H28FN3O4S. The summed E-state index contributed by atoms with van der Waals surface area (Å²) in [6.07, 6.45) is 6.39.